The molecule has 2 aliphatic rings. The van der Waals surface area contributed by atoms with E-state index in [2.05, 4.69) is 21.3 Å². The van der Waals surface area contributed by atoms with Crippen LogP contribution >= 0.6 is 0 Å². The first-order valence-corrected chi connectivity index (χ1v) is 13.1. The average Bonchev–Trinajstić information content (AvgIpc) is 3.45. The molecule has 8 nitrogen and oxygen atoms in total. The number of carbonyl (C=O) groups excluding carboxylic acids is 1. The first-order chi connectivity index (χ1) is 18.7. The number of carbonyl (C=O) groups is 1. The zero-order valence-corrected chi connectivity index (χ0v) is 21.6. The monoisotopic (exact) mass is 541 g/mol. The number of benzene rings is 2. The quantitative estimate of drug-likeness (QED) is 0.431. The smallest absolute Gasteiger partial charge is 0.418 e. The third-order valence-corrected chi connectivity index (χ3v) is 7.91. The van der Waals surface area contributed by atoms with Crippen LogP contribution in [0.25, 0.3) is 11.0 Å². The molecule has 11 heteroatoms. The molecule has 0 bridgehead atoms. The van der Waals surface area contributed by atoms with Crippen molar-refractivity contribution in [2.75, 3.05) is 38.2 Å². The maximum Gasteiger partial charge on any atom is 0.418 e. The fraction of sp³-hybridized carbons (Fsp3) is 0.464. The number of fused-ring (bicyclic) bond motifs is 3. The minimum Gasteiger partial charge on any atom is -0.492 e. The van der Waals surface area contributed by atoms with E-state index in [0.29, 0.717) is 50.9 Å². The van der Waals surface area contributed by atoms with Crippen LogP contribution in [0, 0.1) is 11.3 Å². The number of nitrogens with one attached hydrogen (secondary N) is 1. The Morgan fingerprint density at radius 2 is 2.03 bits per heavy atom. The van der Waals surface area contributed by atoms with E-state index in [9.17, 15) is 28.3 Å². The molecule has 2 N–H and O–H groups in total. The van der Waals surface area contributed by atoms with Crippen LogP contribution in [0.1, 0.15) is 55.3 Å². The van der Waals surface area contributed by atoms with Crippen LogP contribution in [-0.2, 0) is 16.4 Å². The number of imidazole rings is 1. The number of nitriles is 1. The van der Waals surface area contributed by atoms with Crippen molar-refractivity contribution in [2.24, 2.45) is 0 Å². The molecule has 1 aromatic heterocycles. The number of rotatable bonds is 8. The summed E-state index contributed by atoms with van der Waals surface area (Å²) < 4.78 is 49.3. The van der Waals surface area contributed by atoms with Crippen LogP contribution in [0.4, 0.5) is 18.9 Å². The predicted octanol–water partition coefficient (Wildman–Crippen LogP) is 4.62. The Bertz CT molecular complexity index is 1420. The molecule has 1 fully saturated rings. The summed E-state index contributed by atoms with van der Waals surface area (Å²) in [7, 11) is 0. The second kappa shape index (κ2) is 10.5. The fourth-order valence-electron chi connectivity index (χ4n) is 5.80. The van der Waals surface area contributed by atoms with Gasteiger partial charge in [-0.15, -0.1) is 0 Å². The number of aliphatic hydroxyl groups is 1. The van der Waals surface area contributed by atoms with Crippen molar-refractivity contribution in [1.82, 2.24) is 14.5 Å². The van der Waals surface area contributed by atoms with Crippen molar-refractivity contribution < 1.29 is 27.8 Å². The molecule has 1 atom stereocenters. The lowest BCUT2D eigenvalue weighted by Gasteiger charge is -2.38. The van der Waals surface area contributed by atoms with Gasteiger partial charge in [0.1, 0.15) is 12.4 Å². The molecule has 1 saturated heterocycles. The Hall–Kier alpha value is -3.62. The van der Waals surface area contributed by atoms with E-state index in [1.807, 2.05) is 6.92 Å². The summed E-state index contributed by atoms with van der Waals surface area (Å²) in [5.74, 6) is 0.0241. The number of hydrogen-bond acceptors (Lipinski definition) is 6. The normalized spacial score (nSPS) is 17.7. The minimum absolute atomic E-state index is 0.0571. The zero-order valence-electron chi connectivity index (χ0n) is 21.6. The first kappa shape index (κ1) is 27.0. The van der Waals surface area contributed by atoms with Crippen LogP contribution < -0.4 is 10.1 Å². The fourth-order valence-corrected chi connectivity index (χ4v) is 5.80. The van der Waals surface area contributed by atoms with E-state index in [1.165, 1.54) is 17.0 Å². The zero-order chi connectivity index (χ0) is 27.8. The summed E-state index contributed by atoms with van der Waals surface area (Å²) in [6, 6.07) is 9.38. The predicted molar refractivity (Wildman–Crippen MR) is 138 cm³/mol. The van der Waals surface area contributed by atoms with Gasteiger partial charge in [0.2, 0.25) is 5.91 Å². The van der Waals surface area contributed by atoms with E-state index in [0.717, 1.165) is 17.3 Å². The molecule has 0 saturated carbocycles. The first-order valence-electron chi connectivity index (χ1n) is 13.1. The number of anilines is 1. The van der Waals surface area contributed by atoms with Crippen molar-refractivity contribution in [3.8, 4) is 11.8 Å². The molecular weight excluding hydrogens is 511 g/mol. The Balaban J connectivity index is 1.27. The highest BCUT2D eigenvalue weighted by molar-refractivity contribution is 6.06. The molecule has 3 aromatic rings. The average molecular weight is 542 g/mol. The maximum atomic E-state index is 14.0. The largest absolute Gasteiger partial charge is 0.492 e. The summed E-state index contributed by atoms with van der Waals surface area (Å²) in [6.07, 6.45) is -0.879. The van der Waals surface area contributed by atoms with Gasteiger partial charge in [0.15, 0.2) is 0 Å². The number of ether oxygens (including phenoxy) is 1. The maximum absolute atomic E-state index is 14.0. The number of nitrogens with zero attached hydrogens (tertiary/aromatic N) is 4. The number of aliphatic hydroxyl groups excluding tert-OH is 1. The van der Waals surface area contributed by atoms with Gasteiger partial charge in [-0.2, -0.15) is 18.4 Å². The number of alkyl halides is 3. The van der Waals surface area contributed by atoms with Crippen molar-refractivity contribution in [3.05, 3.63) is 53.3 Å². The van der Waals surface area contributed by atoms with Crippen LogP contribution in [0.3, 0.4) is 0 Å². The van der Waals surface area contributed by atoms with Gasteiger partial charge in [0.25, 0.3) is 0 Å². The number of amides is 1. The summed E-state index contributed by atoms with van der Waals surface area (Å²) in [4.78, 5) is 19.2. The van der Waals surface area contributed by atoms with Gasteiger partial charge in [0, 0.05) is 18.3 Å². The Kier molecular flexibility index (Phi) is 7.27. The lowest BCUT2D eigenvalue weighted by atomic mass is 9.73. The second-order valence-corrected chi connectivity index (χ2v) is 10.2. The van der Waals surface area contributed by atoms with Crippen molar-refractivity contribution in [1.29, 1.82) is 5.26 Å². The molecule has 1 amide bonds. The van der Waals surface area contributed by atoms with E-state index >= 15 is 0 Å². The van der Waals surface area contributed by atoms with E-state index in [1.54, 1.807) is 18.2 Å². The lowest BCUT2D eigenvalue weighted by Crippen LogP contribution is -2.47. The second-order valence-electron chi connectivity index (χ2n) is 10.2. The minimum atomic E-state index is -4.62. The number of piperidine rings is 1. The van der Waals surface area contributed by atoms with Gasteiger partial charge in [0.05, 0.1) is 52.6 Å². The third-order valence-electron chi connectivity index (χ3n) is 7.91. The van der Waals surface area contributed by atoms with Crippen LogP contribution in [0.5, 0.6) is 5.75 Å². The molecule has 0 radical (unpaired) electrons. The summed E-state index contributed by atoms with van der Waals surface area (Å²) in [6.45, 7) is 3.52. The Morgan fingerprint density at radius 3 is 2.69 bits per heavy atom. The highest BCUT2D eigenvalue weighted by atomic mass is 19.4. The molecular formula is C28H30F3N5O3. The van der Waals surface area contributed by atoms with Gasteiger partial charge in [-0.05, 0) is 62.2 Å². The van der Waals surface area contributed by atoms with Crippen LogP contribution in [0.15, 0.2) is 36.7 Å². The molecule has 1 spiro atoms. The highest BCUT2D eigenvalue weighted by Crippen LogP contribution is 2.45. The van der Waals surface area contributed by atoms with Gasteiger partial charge >= 0.3 is 6.18 Å². The molecule has 2 aliphatic heterocycles. The summed E-state index contributed by atoms with van der Waals surface area (Å²) in [5, 5.41) is 21.9. The van der Waals surface area contributed by atoms with E-state index in [4.69, 9.17) is 4.74 Å². The third kappa shape index (κ3) is 4.94. The molecule has 206 valence electrons. The van der Waals surface area contributed by atoms with E-state index < -0.39 is 23.2 Å². The van der Waals surface area contributed by atoms with Crippen LogP contribution in [-0.4, -0.2) is 58.3 Å². The molecule has 3 heterocycles. The van der Waals surface area contributed by atoms with Gasteiger partial charge in [-0.3, -0.25) is 9.69 Å². The van der Waals surface area contributed by atoms with Gasteiger partial charge < -0.3 is 19.7 Å². The number of likely N-dealkylation sites (tertiary alicyclic amines) is 1. The topological polar surface area (TPSA) is 103 Å². The highest BCUT2D eigenvalue weighted by Gasteiger charge is 2.48. The molecule has 0 aliphatic carbocycles. The van der Waals surface area contributed by atoms with Crippen molar-refractivity contribution in [3.63, 3.8) is 0 Å². The van der Waals surface area contributed by atoms with Gasteiger partial charge in [-0.25, -0.2) is 4.98 Å². The summed E-state index contributed by atoms with van der Waals surface area (Å²) >= 11 is 0. The standard InChI is InChI=1S/C28H30F3N5O3/c1-2-3-19(16-37)36-17-33-24-14-20(13-22(25(24)36)28(29,30)31)39-11-10-35-8-6-27(7-9-35)21-12-18(15-32)4-5-23(21)34-26(27)38/h4-5,12-14,17,19,37H,2-3,6-11,16H2,1H3,(H,34,38)/t19-/m0/s1. The number of aromatic nitrogens is 2. The molecule has 2 aromatic carbocycles. The summed E-state index contributed by atoms with van der Waals surface area (Å²) in [5.41, 5.74) is 0.707. The SMILES string of the molecule is CCC[C@@H](CO)n1cnc2cc(OCCN3CCC4(CC3)C(=O)Nc3ccc(C#N)cc34)cc(C(F)(F)F)c21. The van der Waals surface area contributed by atoms with E-state index in [-0.39, 0.29) is 35.9 Å². The van der Waals surface area contributed by atoms with Crippen molar-refractivity contribution >= 4 is 22.6 Å². The Morgan fingerprint density at radius 1 is 1.26 bits per heavy atom. The van der Waals surface area contributed by atoms with Gasteiger partial charge in [-0.1, -0.05) is 13.3 Å². The molecule has 5 rings (SSSR count). The molecule has 0 unspecified atom stereocenters. The van der Waals surface area contributed by atoms with Crippen LogP contribution in [0.2, 0.25) is 0 Å². The molecule has 39 heavy (non-hydrogen) atoms. The lowest BCUT2D eigenvalue weighted by molar-refractivity contribution is -0.136. The van der Waals surface area contributed by atoms with Crippen molar-refractivity contribution in [2.45, 2.75) is 50.2 Å². The Labute approximate surface area is 224 Å². The number of hydrogen-bond donors (Lipinski definition) is 2. The number of halogens is 3.